The topological polar surface area (TPSA) is 72.5 Å². The third-order valence-corrected chi connectivity index (χ3v) is 3.60. The average molecular weight is 346 g/mol. The zero-order valence-electron chi connectivity index (χ0n) is 13.6. The lowest BCUT2D eigenvalue weighted by atomic mass is 10.0. The molecule has 0 spiro atoms. The molecule has 0 aliphatic carbocycles. The van der Waals surface area contributed by atoms with E-state index in [1.807, 2.05) is 13.0 Å². The zero-order chi connectivity index (χ0) is 17.7. The Bertz CT molecular complexity index is 830. The third-order valence-electron chi connectivity index (χ3n) is 3.32. The summed E-state index contributed by atoms with van der Waals surface area (Å²) in [5, 5.41) is 9.66. The van der Waals surface area contributed by atoms with Gasteiger partial charge in [0.15, 0.2) is 11.5 Å². The summed E-state index contributed by atoms with van der Waals surface area (Å²) in [5.74, 6) is 0.909. The monoisotopic (exact) mass is 345 g/mol. The Morgan fingerprint density at radius 2 is 2.21 bits per heavy atom. The molecule has 2 aromatic rings. The lowest BCUT2D eigenvalue weighted by Gasteiger charge is -2.12. The van der Waals surface area contributed by atoms with E-state index >= 15 is 0 Å². The van der Waals surface area contributed by atoms with Crippen LogP contribution in [0.3, 0.4) is 0 Å². The van der Waals surface area contributed by atoms with Crippen molar-refractivity contribution in [1.29, 1.82) is 5.26 Å². The molecule has 0 aliphatic heterocycles. The van der Waals surface area contributed by atoms with Gasteiger partial charge in [0.05, 0.1) is 30.6 Å². The number of hydrogen-bond acceptors (Lipinski definition) is 5. The molecule has 2 rings (SSSR count). The Hall–Kier alpha value is -2.71. The first-order valence-corrected chi connectivity index (χ1v) is 7.60. The van der Waals surface area contributed by atoms with Gasteiger partial charge in [-0.15, -0.1) is 0 Å². The van der Waals surface area contributed by atoms with E-state index in [1.165, 1.54) is 25.5 Å². The van der Waals surface area contributed by atoms with Crippen molar-refractivity contribution in [3.8, 4) is 17.6 Å². The van der Waals surface area contributed by atoms with Crippen molar-refractivity contribution in [3.05, 3.63) is 51.9 Å². The van der Waals surface area contributed by atoms with Crippen LogP contribution in [-0.4, -0.2) is 19.5 Å². The van der Waals surface area contributed by atoms with E-state index in [0.29, 0.717) is 40.0 Å². The van der Waals surface area contributed by atoms with Gasteiger partial charge in [0.1, 0.15) is 17.4 Å². The SMILES string of the molecule is CCOc1cc(/C=C(\C#N)C(=O)c2ccoc2C)cc(Cl)c1OC. The maximum atomic E-state index is 12.4. The number of halogens is 1. The number of nitrogens with zero attached hydrogens (tertiary/aromatic N) is 1. The molecule has 0 atom stereocenters. The molecule has 0 aliphatic rings. The van der Waals surface area contributed by atoms with E-state index in [2.05, 4.69) is 0 Å². The first kappa shape index (κ1) is 17.6. The van der Waals surface area contributed by atoms with Crippen molar-refractivity contribution >= 4 is 23.5 Å². The van der Waals surface area contributed by atoms with Gasteiger partial charge in [-0.05, 0) is 43.7 Å². The van der Waals surface area contributed by atoms with Crippen LogP contribution in [0.15, 0.2) is 34.5 Å². The van der Waals surface area contributed by atoms with Crippen molar-refractivity contribution in [2.75, 3.05) is 13.7 Å². The molecule has 0 radical (unpaired) electrons. The van der Waals surface area contributed by atoms with Crippen LogP contribution in [0.1, 0.15) is 28.6 Å². The number of ketones is 1. The highest BCUT2D eigenvalue weighted by molar-refractivity contribution is 6.32. The Balaban J connectivity index is 2.46. The maximum absolute atomic E-state index is 12.4. The number of nitriles is 1. The number of rotatable bonds is 6. The van der Waals surface area contributed by atoms with Gasteiger partial charge in [-0.3, -0.25) is 4.79 Å². The lowest BCUT2D eigenvalue weighted by Crippen LogP contribution is -2.02. The second-order valence-corrected chi connectivity index (χ2v) is 5.26. The molecule has 5 nitrogen and oxygen atoms in total. The van der Waals surface area contributed by atoms with Gasteiger partial charge in [-0.25, -0.2) is 0 Å². The molecule has 0 saturated carbocycles. The Morgan fingerprint density at radius 1 is 1.46 bits per heavy atom. The predicted octanol–water partition coefficient (Wildman–Crippen LogP) is 4.44. The first-order chi connectivity index (χ1) is 11.5. The minimum Gasteiger partial charge on any atom is -0.491 e. The fourth-order valence-corrected chi connectivity index (χ4v) is 2.51. The average Bonchev–Trinajstić information content (AvgIpc) is 2.98. The summed E-state index contributed by atoms with van der Waals surface area (Å²) < 4.78 is 15.8. The van der Waals surface area contributed by atoms with Gasteiger partial charge in [-0.2, -0.15) is 5.26 Å². The number of furan rings is 1. The Labute approximate surface area is 145 Å². The summed E-state index contributed by atoms with van der Waals surface area (Å²) in [6, 6.07) is 6.73. The van der Waals surface area contributed by atoms with Crippen molar-refractivity contribution < 1.29 is 18.7 Å². The molecular weight excluding hydrogens is 330 g/mol. The highest BCUT2D eigenvalue weighted by atomic mass is 35.5. The van der Waals surface area contributed by atoms with Crippen molar-refractivity contribution in [3.63, 3.8) is 0 Å². The lowest BCUT2D eigenvalue weighted by molar-refractivity contribution is 0.103. The zero-order valence-corrected chi connectivity index (χ0v) is 14.3. The fourth-order valence-electron chi connectivity index (χ4n) is 2.21. The van der Waals surface area contributed by atoms with Crippen LogP contribution in [0.4, 0.5) is 0 Å². The molecule has 1 aromatic heterocycles. The predicted molar refractivity (Wildman–Crippen MR) is 90.5 cm³/mol. The quantitative estimate of drug-likeness (QED) is 0.439. The van der Waals surface area contributed by atoms with E-state index in [4.69, 9.17) is 25.5 Å². The third kappa shape index (κ3) is 3.61. The van der Waals surface area contributed by atoms with Crippen LogP contribution in [0.2, 0.25) is 5.02 Å². The molecular formula is C18H16ClNO4. The summed E-state index contributed by atoms with van der Waals surface area (Å²) in [4.78, 5) is 12.4. The molecule has 0 fully saturated rings. The molecule has 6 heteroatoms. The fraction of sp³-hybridized carbons (Fsp3) is 0.222. The highest BCUT2D eigenvalue weighted by Crippen LogP contribution is 2.37. The maximum Gasteiger partial charge on any atom is 0.207 e. The number of carbonyl (C=O) groups is 1. The molecule has 24 heavy (non-hydrogen) atoms. The number of Topliss-reactive ketones (excluding diaryl/α,β-unsaturated/α-hetero) is 1. The van der Waals surface area contributed by atoms with Gasteiger partial charge in [-0.1, -0.05) is 11.6 Å². The molecule has 0 saturated heterocycles. The summed E-state index contributed by atoms with van der Waals surface area (Å²) in [6.45, 7) is 3.93. The first-order valence-electron chi connectivity index (χ1n) is 7.22. The summed E-state index contributed by atoms with van der Waals surface area (Å²) in [7, 11) is 1.49. The van der Waals surface area contributed by atoms with E-state index in [0.717, 1.165) is 0 Å². The second-order valence-electron chi connectivity index (χ2n) is 4.86. The normalized spacial score (nSPS) is 11.0. The van der Waals surface area contributed by atoms with Gasteiger partial charge >= 0.3 is 0 Å². The summed E-state index contributed by atoms with van der Waals surface area (Å²) in [6.07, 6.45) is 2.87. The largest absolute Gasteiger partial charge is 0.491 e. The standard InChI is InChI=1S/C18H16ClNO4/c1-4-23-16-9-12(8-15(19)18(16)22-3)7-13(10-20)17(21)14-5-6-24-11(14)2/h5-9H,4H2,1-3H3/b13-7+. The van der Waals surface area contributed by atoms with E-state index in [1.54, 1.807) is 19.1 Å². The number of ether oxygens (including phenoxy) is 2. The van der Waals surface area contributed by atoms with Crippen molar-refractivity contribution in [1.82, 2.24) is 0 Å². The minimum atomic E-state index is -0.409. The van der Waals surface area contributed by atoms with Crippen molar-refractivity contribution in [2.24, 2.45) is 0 Å². The Kier molecular flexibility index (Phi) is 5.67. The van der Waals surface area contributed by atoms with Crippen LogP contribution < -0.4 is 9.47 Å². The number of aryl methyl sites for hydroxylation is 1. The van der Waals surface area contributed by atoms with Gasteiger partial charge in [0.2, 0.25) is 5.78 Å². The van der Waals surface area contributed by atoms with E-state index in [9.17, 15) is 10.1 Å². The van der Waals surface area contributed by atoms with E-state index < -0.39 is 5.78 Å². The number of hydrogen-bond donors (Lipinski definition) is 0. The van der Waals surface area contributed by atoms with Crippen LogP contribution in [0.25, 0.3) is 6.08 Å². The molecule has 0 bridgehead atoms. The summed E-state index contributed by atoms with van der Waals surface area (Å²) in [5.41, 5.74) is 0.894. The van der Waals surface area contributed by atoms with Crippen LogP contribution in [0, 0.1) is 18.3 Å². The minimum absolute atomic E-state index is 0.0248. The van der Waals surface area contributed by atoms with E-state index in [-0.39, 0.29) is 5.57 Å². The highest BCUT2D eigenvalue weighted by Gasteiger charge is 2.17. The molecule has 0 N–H and O–H groups in total. The van der Waals surface area contributed by atoms with Crippen molar-refractivity contribution in [2.45, 2.75) is 13.8 Å². The number of carbonyl (C=O) groups excluding carboxylic acids is 1. The van der Waals surface area contributed by atoms with Gasteiger partial charge in [0.25, 0.3) is 0 Å². The molecule has 1 heterocycles. The molecule has 124 valence electrons. The molecule has 1 aromatic carbocycles. The second kappa shape index (κ2) is 7.71. The summed E-state index contributed by atoms with van der Waals surface area (Å²) >= 11 is 6.18. The number of methoxy groups -OCH3 is 1. The van der Waals surface area contributed by atoms with Crippen LogP contribution in [-0.2, 0) is 0 Å². The molecule has 0 unspecified atom stereocenters. The Morgan fingerprint density at radius 3 is 2.75 bits per heavy atom. The van der Waals surface area contributed by atoms with Crippen LogP contribution >= 0.6 is 11.6 Å². The smallest absolute Gasteiger partial charge is 0.207 e. The van der Waals surface area contributed by atoms with Gasteiger partial charge < -0.3 is 13.9 Å². The number of benzene rings is 1. The van der Waals surface area contributed by atoms with Crippen LogP contribution in [0.5, 0.6) is 11.5 Å². The van der Waals surface area contributed by atoms with Gasteiger partial charge in [0, 0.05) is 0 Å². The number of allylic oxidation sites excluding steroid dienone is 1. The molecule has 0 amide bonds.